The molecule has 0 aliphatic carbocycles. The van der Waals surface area contributed by atoms with Crippen molar-refractivity contribution in [3.05, 3.63) is 0 Å². The third-order valence-corrected chi connectivity index (χ3v) is 0. The monoisotopic (exact) mass is 554 g/mol. The summed E-state index contributed by atoms with van der Waals surface area (Å²) in [5.74, 6) is 3.96. The number of rotatable bonds is 0. The van der Waals surface area contributed by atoms with E-state index in [1.807, 2.05) is 0 Å². The van der Waals surface area contributed by atoms with Gasteiger partial charge in [-0.15, -0.1) is 0 Å². The molecule has 0 rings (SSSR count). The molecule has 0 heterocycles. The molecular formula is CH2I4S. The molecule has 0 spiro atoms. The Morgan fingerprint density at radius 1 is 1.00 bits per heavy atom. The quantitative estimate of drug-likeness (QED) is 0.312. The van der Waals surface area contributed by atoms with Crippen molar-refractivity contribution in [2.75, 3.05) is 0 Å². The molecule has 0 unspecified atom stereocenters. The molecule has 0 fully saturated rings. The van der Waals surface area contributed by atoms with Crippen LogP contribution in [0, 0.1) is 0 Å². The van der Waals surface area contributed by atoms with Crippen LogP contribution in [0.15, 0.2) is 0 Å². The molecule has 0 nitrogen and oxygen atoms in total. The van der Waals surface area contributed by atoms with Crippen LogP contribution in [0.5, 0.6) is 0 Å². The molecule has 5 heteroatoms. The molecule has 40 valence electrons. The van der Waals surface area contributed by atoms with Gasteiger partial charge in [0.25, 0.3) is 0 Å². The Kier molecular flexibility index (Phi) is 3.66. The Bertz CT molecular complexity index is 85.2. The summed E-state index contributed by atoms with van der Waals surface area (Å²) in [6.45, 7) is 0. The maximum Gasteiger partial charge on any atom is -0.00156 e. The van der Waals surface area contributed by atoms with Crippen LogP contribution in [0.4, 0.5) is 0 Å². The van der Waals surface area contributed by atoms with Crippen LogP contribution in [0.3, 0.4) is 0 Å². The third kappa shape index (κ3) is 27.3. The van der Waals surface area contributed by atoms with E-state index in [1.165, 1.54) is 0 Å². The Labute approximate surface area is 85.8 Å². The van der Waals surface area contributed by atoms with Gasteiger partial charge in [-0.2, -0.15) is 0 Å². The summed E-state index contributed by atoms with van der Waals surface area (Å²) in [6.07, 6.45) is 0. The normalized spacial score (nSPS) is 19.0. The zero-order chi connectivity index (χ0) is 5.45. The van der Waals surface area contributed by atoms with E-state index >= 15 is 0 Å². The van der Waals surface area contributed by atoms with E-state index in [0.717, 1.165) is 0 Å². The van der Waals surface area contributed by atoms with Crippen LogP contribution < -0.4 is 0 Å². The van der Waals surface area contributed by atoms with Crippen molar-refractivity contribution < 1.29 is 0 Å². The zero-order valence-corrected chi connectivity index (χ0v) is 12.1. The summed E-state index contributed by atoms with van der Waals surface area (Å²) in [5.41, 5.74) is 0. The highest BCUT2D eigenvalue weighted by atomic mass is 127. The van der Waals surface area contributed by atoms with E-state index < -0.39 is -2.56 Å². The summed E-state index contributed by atoms with van der Waals surface area (Å²) in [7, 11) is 0. The molecule has 0 radical (unpaired) electrons. The van der Waals surface area contributed by atoms with Gasteiger partial charge in [-0.25, -0.2) is 0 Å². The maximum absolute atomic E-state index is 3.96. The lowest BCUT2D eigenvalue weighted by molar-refractivity contribution is 4.80. The first-order valence-electron chi connectivity index (χ1n) is 0.906. The van der Waals surface area contributed by atoms with Gasteiger partial charge in [0.2, 0.25) is 0 Å². The Morgan fingerprint density at radius 2 is 1.00 bits per heavy atom. The molecule has 0 aliphatic heterocycles. The highest BCUT2D eigenvalue weighted by Gasteiger charge is 2.09. The van der Waals surface area contributed by atoms with Crippen LogP contribution in [0.2, 0.25) is 0 Å². The second kappa shape index (κ2) is 2.40. The largest absolute Gasteiger partial charge is 0.0608 e. The fraction of sp³-hybridized carbons (Fsp3) is 0. The van der Waals surface area contributed by atoms with Gasteiger partial charge in [-0.1, -0.05) is 3.31 Å². The van der Waals surface area contributed by atoms with Crippen molar-refractivity contribution >= 4 is 88.1 Å². The molecule has 0 saturated heterocycles. The lowest BCUT2D eigenvalue weighted by Crippen LogP contribution is -1.47. The van der Waals surface area contributed by atoms with Gasteiger partial charge in [0, 0.05) is 0 Å². The molecular weight excluding hydrogens is 552 g/mol. The lowest BCUT2D eigenvalue weighted by atomic mass is 12.0. The number of halogens is 4. The fourth-order valence-corrected chi connectivity index (χ4v) is 0. The second-order valence-electron chi connectivity index (χ2n) is 0.786. The maximum atomic E-state index is 3.96. The zero-order valence-electron chi connectivity index (χ0n) is 2.63. The minimum atomic E-state index is -1.22. The molecule has 0 aliphatic rings. The van der Waals surface area contributed by atoms with Crippen molar-refractivity contribution in [3.8, 4) is 0 Å². The molecule has 6 heavy (non-hydrogen) atoms. The summed E-state index contributed by atoms with van der Waals surface area (Å²) in [4.78, 5) is 0. The SMILES string of the molecule is C=S(I)(I)(I)I. The standard InChI is InChI=1S/CH2I4S/c1-6(2,3,4)5/h1H2. The molecule has 0 atom stereocenters. The number of hydrogen-bond donors (Lipinski definition) is 0. The van der Waals surface area contributed by atoms with Crippen LogP contribution in [-0.4, -0.2) is 5.87 Å². The van der Waals surface area contributed by atoms with Crippen molar-refractivity contribution in [1.29, 1.82) is 0 Å². The van der Waals surface area contributed by atoms with E-state index in [1.54, 1.807) is 0 Å². The predicted molar refractivity (Wildman–Crippen MR) is 70.8 cm³/mol. The minimum absolute atomic E-state index is 1.22. The van der Waals surface area contributed by atoms with Crippen LogP contribution in [0.25, 0.3) is 0 Å². The van der Waals surface area contributed by atoms with Crippen LogP contribution in [-0.2, 0) is 0 Å². The van der Waals surface area contributed by atoms with Crippen LogP contribution >= 0.6 is 82.3 Å². The molecule has 0 aromatic heterocycles. The Morgan fingerprint density at radius 3 is 1.00 bits per heavy atom. The van der Waals surface area contributed by atoms with Gasteiger partial charge >= 0.3 is 0 Å². The van der Waals surface area contributed by atoms with Gasteiger partial charge in [-0.3, -0.25) is 0 Å². The van der Waals surface area contributed by atoms with E-state index in [9.17, 15) is 0 Å². The average Bonchev–Trinajstić information content (AvgIpc) is 0.650. The van der Waals surface area contributed by atoms with E-state index in [-0.39, 0.29) is 0 Å². The second-order valence-corrected chi connectivity index (χ2v) is 56.0. The van der Waals surface area contributed by atoms with E-state index in [0.29, 0.717) is 0 Å². The highest BCUT2D eigenvalue weighted by molar-refractivity contribution is 14.6. The first kappa shape index (κ1) is 9.14. The predicted octanol–water partition coefficient (Wildman–Crippen LogP) is 4.16. The minimum Gasteiger partial charge on any atom is -0.0608 e. The smallest absolute Gasteiger partial charge is 0.00156 e. The van der Waals surface area contributed by atoms with E-state index in [4.69, 9.17) is 0 Å². The molecule has 0 aromatic rings. The van der Waals surface area contributed by atoms with Gasteiger partial charge in [0.1, 0.15) is 0 Å². The molecule has 0 aromatic carbocycles. The van der Waals surface area contributed by atoms with Crippen molar-refractivity contribution in [3.63, 3.8) is 0 Å². The average molecular weight is 554 g/mol. The van der Waals surface area contributed by atoms with Crippen molar-refractivity contribution in [2.24, 2.45) is 0 Å². The first-order chi connectivity index (χ1) is 2.24. The van der Waals surface area contributed by atoms with Gasteiger partial charge in [0.05, 0.1) is 0 Å². The molecule has 0 bridgehead atoms. The highest BCUT2D eigenvalue weighted by Crippen LogP contribution is 2.85. The van der Waals surface area contributed by atoms with E-state index in [2.05, 4.69) is 90.7 Å². The third-order valence-electron chi connectivity index (χ3n) is 0. The lowest BCUT2D eigenvalue weighted by Gasteiger charge is -2.15. The molecule has 0 amide bonds. The van der Waals surface area contributed by atoms with Crippen molar-refractivity contribution in [1.82, 2.24) is 0 Å². The summed E-state index contributed by atoms with van der Waals surface area (Å²) >= 11 is 9.48. The summed E-state index contributed by atoms with van der Waals surface area (Å²) in [6, 6.07) is 0. The van der Waals surface area contributed by atoms with Gasteiger partial charge < -0.3 is 0 Å². The molecule has 0 N–H and O–H groups in total. The van der Waals surface area contributed by atoms with Crippen molar-refractivity contribution in [2.45, 2.75) is 0 Å². The Hall–Kier alpha value is 3.14. The van der Waals surface area contributed by atoms with Gasteiger partial charge in [-0.05, 0) is 84.8 Å². The topological polar surface area (TPSA) is 0 Å². The Balaban J connectivity index is 4.16. The fourth-order valence-electron chi connectivity index (χ4n) is 0. The molecule has 0 saturated carbocycles. The van der Waals surface area contributed by atoms with Crippen LogP contribution in [0.1, 0.15) is 0 Å². The number of hydrogen-bond acceptors (Lipinski definition) is 0. The summed E-state index contributed by atoms with van der Waals surface area (Å²) < 4.78 is -1.22. The summed E-state index contributed by atoms with van der Waals surface area (Å²) in [5, 5.41) is 0. The first-order valence-corrected chi connectivity index (χ1v) is 13.3. The van der Waals surface area contributed by atoms with Gasteiger partial charge in [0.15, 0.2) is 0 Å².